The molecule has 3 aromatic rings. The van der Waals surface area contributed by atoms with Gasteiger partial charge < -0.3 is 10.6 Å². The van der Waals surface area contributed by atoms with E-state index in [1.807, 2.05) is 0 Å². The number of aryl methyl sites for hydroxylation is 2. The van der Waals surface area contributed by atoms with Crippen molar-refractivity contribution in [2.75, 3.05) is 6.54 Å². The van der Waals surface area contributed by atoms with Gasteiger partial charge >= 0.3 is 12.2 Å². The molecule has 182 valence electrons. The van der Waals surface area contributed by atoms with Gasteiger partial charge in [-0.05, 0) is 55.3 Å². The van der Waals surface area contributed by atoms with Crippen molar-refractivity contribution < 1.29 is 31.9 Å². The number of benzene rings is 2. The molecule has 1 atom stereocenters. The number of alkyl halides is 3. The molecule has 4 rings (SSSR count). The number of hydrogen-bond acceptors (Lipinski definition) is 5. The van der Waals surface area contributed by atoms with Gasteiger partial charge in [-0.25, -0.2) is 14.2 Å². The van der Waals surface area contributed by atoms with Crippen molar-refractivity contribution in [3.05, 3.63) is 75.0 Å². The molecule has 1 aromatic heterocycles. The van der Waals surface area contributed by atoms with Gasteiger partial charge in [0.1, 0.15) is 5.82 Å². The monoisotopic (exact) mass is 506 g/mol. The third kappa shape index (κ3) is 4.61. The number of rotatable bonds is 5. The Morgan fingerprint density at radius 1 is 1.11 bits per heavy atom. The normalized spacial score (nSPS) is 17.8. The van der Waals surface area contributed by atoms with Gasteiger partial charge in [-0.2, -0.15) is 13.2 Å². The maximum absolute atomic E-state index is 14.0. The first-order valence-corrected chi connectivity index (χ1v) is 11.1. The molecule has 1 aliphatic heterocycles. The summed E-state index contributed by atoms with van der Waals surface area (Å²) in [6.45, 7) is 3.10. The lowest BCUT2D eigenvalue weighted by Gasteiger charge is -2.25. The number of imide groups is 1. The van der Waals surface area contributed by atoms with Gasteiger partial charge in [0.25, 0.3) is 11.8 Å². The molecule has 2 heterocycles. The molecule has 7 nitrogen and oxygen atoms in total. The van der Waals surface area contributed by atoms with E-state index in [0.717, 1.165) is 36.4 Å². The molecule has 35 heavy (non-hydrogen) atoms. The minimum Gasteiger partial charge on any atom is -0.349 e. The van der Waals surface area contributed by atoms with Crippen molar-refractivity contribution in [3.63, 3.8) is 0 Å². The molecule has 1 aliphatic rings. The lowest BCUT2D eigenvalue weighted by molar-refractivity contribution is -0.137. The lowest BCUT2D eigenvalue weighted by atomic mass is 9.93. The van der Waals surface area contributed by atoms with Crippen molar-refractivity contribution in [1.82, 2.24) is 20.9 Å². The minimum atomic E-state index is -4.55. The van der Waals surface area contributed by atoms with E-state index in [4.69, 9.17) is 0 Å². The van der Waals surface area contributed by atoms with Crippen LogP contribution in [0.1, 0.15) is 31.5 Å². The molecule has 4 amide bonds. The molecular weight excluding hydrogens is 488 g/mol. The summed E-state index contributed by atoms with van der Waals surface area (Å²) in [6.07, 6.45) is -4.55. The summed E-state index contributed by atoms with van der Waals surface area (Å²) in [5.41, 5.74) is -2.04. The van der Waals surface area contributed by atoms with E-state index in [1.54, 1.807) is 13.8 Å². The van der Waals surface area contributed by atoms with Gasteiger partial charge in [-0.3, -0.25) is 14.9 Å². The Morgan fingerprint density at radius 2 is 1.80 bits per heavy atom. The number of carbonyl (C=O) groups is 3. The molecule has 1 saturated heterocycles. The highest BCUT2D eigenvalue weighted by atomic mass is 32.1. The zero-order valence-corrected chi connectivity index (χ0v) is 19.2. The highest BCUT2D eigenvalue weighted by Crippen LogP contribution is 2.33. The van der Waals surface area contributed by atoms with E-state index >= 15 is 0 Å². The summed E-state index contributed by atoms with van der Waals surface area (Å²) in [7, 11) is 0. The van der Waals surface area contributed by atoms with Crippen molar-refractivity contribution in [1.29, 1.82) is 0 Å². The molecule has 1 unspecified atom stereocenters. The van der Waals surface area contributed by atoms with Crippen LogP contribution >= 0.6 is 11.3 Å². The first kappa shape index (κ1) is 24.3. The second kappa shape index (κ2) is 8.77. The summed E-state index contributed by atoms with van der Waals surface area (Å²) < 4.78 is 52.7. The van der Waals surface area contributed by atoms with E-state index < -0.39 is 40.9 Å². The number of carbonyl (C=O) groups excluding carboxylic acids is 3. The quantitative estimate of drug-likeness (QED) is 0.359. The zero-order valence-electron chi connectivity index (χ0n) is 18.3. The van der Waals surface area contributed by atoms with Crippen LogP contribution in [-0.4, -0.2) is 29.4 Å². The second-order valence-corrected chi connectivity index (χ2v) is 9.31. The number of halogens is 4. The van der Waals surface area contributed by atoms with E-state index in [-0.39, 0.29) is 28.9 Å². The van der Waals surface area contributed by atoms with Crippen LogP contribution in [0.3, 0.4) is 0 Å². The summed E-state index contributed by atoms with van der Waals surface area (Å²) in [6, 6.07) is 6.47. The number of aromatic nitrogens is 1. The molecule has 1 fully saturated rings. The van der Waals surface area contributed by atoms with Crippen LogP contribution in [-0.2, 0) is 16.5 Å². The SMILES string of the molecule is Cc1nc(C2(CNC(=O)c3ccc(F)cc3-c3ccc(C(F)(F)F)cc3)NC(=O)NC2=O)c(C)s1. The predicted octanol–water partition coefficient (Wildman–Crippen LogP) is 4.05. The number of thiazole rings is 1. The van der Waals surface area contributed by atoms with Gasteiger partial charge in [0, 0.05) is 10.4 Å². The van der Waals surface area contributed by atoms with E-state index in [9.17, 15) is 31.9 Å². The average molecular weight is 506 g/mol. The fourth-order valence-electron chi connectivity index (χ4n) is 3.89. The molecule has 3 N–H and O–H groups in total. The fraction of sp³-hybridized carbons (Fsp3) is 0.217. The van der Waals surface area contributed by atoms with E-state index in [0.29, 0.717) is 9.88 Å². The van der Waals surface area contributed by atoms with Crippen LogP contribution in [0.4, 0.5) is 22.4 Å². The summed E-state index contributed by atoms with van der Waals surface area (Å²) >= 11 is 1.32. The maximum atomic E-state index is 14.0. The molecule has 2 aromatic carbocycles. The van der Waals surface area contributed by atoms with E-state index in [2.05, 4.69) is 20.9 Å². The number of urea groups is 1. The highest BCUT2D eigenvalue weighted by Gasteiger charge is 2.50. The van der Waals surface area contributed by atoms with Crippen LogP contribution in [0.25, 0.3) is 11.1 Å². The van der Waals surface area contributed by atoms with Crippen molar-refractivity contribution >= 4 is 29.2 Å². The first-order valence-electron chi connectivity index (χ1n) is 10.2. The van der Waals surface area contributed by atoms with Gasteiger partial charge in [0.15, 0.2) is 5.54 Å². The van der Waals surface area contributed by atoms with Gasteiger partial charge in [0.05, 0.1) is 22.8 Å². The number of amides is 4. The summed E-state index contributed by atoms with van der Waals surface area (Å²) in [5, 5.41) is 7.92. The fourth-order valence-corrected chi connectivity index (χ4v) is 4.79. The molecular formula is C23H18F4N4O3S. The van der Waals surface area contributed by atoms with Gasteiger partial charge in [-0.15, -0.1) is 11.3 Å². The standard InChI is InChI=1S/C23H18F4N4O3S/c1-11-18(29-12(2)35-11)22(20(33)30-21(34)31-22)10-28-19(32)16-8-7-15(24)9-17(16)13-3-5-14(6-4-13)23(25,26)27/h3-9H,10H2,1-2H3,(H,28,32)(H2,30,31,33,34). The molecule has 12 heteroatoms. The van der Waals surface area contributed by atoms with Crippen LogP contribution < -0.4 is 16.0 Å². The molecule has 0 bridgehead atoms. The Labute approximate surface area is 200 Å². The third-order valence-electron chi connectivity index (χ3n) is 5.51. The smallest absolute Gasteiger partial charge is 0.349 e. The van der Waals surface area contributed by atoms with Crippen LogP contribution in [0.15, 0.2) is 42.5 Å². The topological polar surface area (TPSA) is 100 Å². The Balaban J connectivity index is 1.66. The first-order chi connectivity index (χ1) is 16.4. The van der Waals surface area contributed by atoms with Crippen LogP contribution in [0, 0.1) is 19.7 Å². The minimum absolute atomic E-state index is 0.0304. The van der Waals surface area contributed by atoms with Gasteiger partial charge in [-0.1, -0.05) is 12.1 Å². The molecule has 0 radical (unpaired) electrons. The molecule has 0 aliphatic carbocycles. The van der Waals surface area contributed by atoms with Gasteiger partial charge in [0.2, 0.25) is 0 Å². The summed E-state index contributed by atoms with van der Waals surface area (Å²) in [5.74, 6) is -2.11. The number of nitrogens with zero attached hydrogens (tertiary/aromatic N) is 1. The average Bonchev–Trinajstić information content (AvgIpc) is 3.28. The largest absolute Gasteiger partial charge is 0.416 e. The lowest BCUT2D eigenvalue weighted by Crippen LogP contribution is -2.53. The zero-order chi connectivity index (χ0) is 25.5. The number of nitrogens with one attached hydrogen (secondary N) is 3. The second-order valence-electron chi connectivity index (χ2n) is 7.90. The highest BCUT2D eigenvalue weighted by molar-refractivity contribution is 7.11. The predicted molar refractivity (Wildman–Crippen MR) is 119 cm³/mol. The van der Waals surface area contributed by atoms with E-state index in [1.165, 1.54) is 17.4 Å². The molecule has 0 saturated carbocycles. The van der Waals surface area contributed by atoms with Crippen LogP contribution in [0.5, 0.6) is 0 Å². The van der Waals surface area contributed by atoms with Crippen LogP contribution in [0.2, 0.25) is 0 Å². The van der Waals surface area contributed by atoms with Crippen molar-refractivity contribution in [2.24, 2.45) is 0 Å². The Hall–Kier alpha value is -3.80. The number of hydrogen-bond donors (Lipinski definition) is 3. The Morgan fingerprint density at radius 3 is 2.34 bits per heavy atom. The van der Waals surface area contributed by atoms with Crippen molar-refractivity contribution in [2.45, 2.75) is 25.6 Å². The van der Waals surface area contributed by atoms with Crippen molar-refractivity contribution in [3.8, 4) is 11.1 Å². The Bertz CT molecular complexity index is 1340. The maximum Gasteiger partial charge on any atom is 0.416 e. The summed E-state index contributed by atoms with van der Waals surface area (Å²) in [4.78, 5) is 42.8. The Kier molecular flexibility index (Phi) is 6.09. The molecule has 0 spiro atoms. The third-order valence-corrected chi connectivity index (χ3v) is 6.40.